The number of carbonyl (C=O) groups is 1. The lowest BCUT2D eigenvalue weighted by molar-refractivity contribution is -0.145. The Morgan fingerprint density at radius 2 is 1.95 bits per heavy atom. The van der Waals surface area contributed by atoms with Crippen molar-refractivity contribution in [2.75, 3.05) is 12.3 Å². The third-order valence-electron chi connectivity index (χ3n) is 3.01. The van der Waals surface area contributed by atoms with Crippen LogP contribution in [0, 0.1) is 0 Å². The van der Waals surface area contributed by atoms with E-state index in [4.69, 9.17) is 16.2 Å². The standard InChI is InChI=1S/C15H24N2O2/c1-2-3-11-19-15(18)14(17)6-4-5-12-7-9-13(16)10-8-12/h7-10,14H,2-6,11,16-17H2,1H3. The summed E-state index contributed by atoms with van der Waals surface area (Å²) in [6, 6.07) is 7.26. The molecule has 1 aromatic rings. The number of benzene rings is 1. The predicted molar refractivity (Wildman–Crippen MR) is 77.6 cm³/mol. The number of nitrogens with two attached hydrogens (primary N) is 2. The molecule has 106 valence electrons. The van der Waals surface area contributed by atoms with Gasteiger partial charge in [-0.1, -0.05) is 25.5 Å². The molecule has 1 unspecified atom stereocenters. The van der Waals surface area contributed by atoms with Gasteiger partial charge in [-0.25, -0.2) is 0 Å². The molecule has 4 heteroatoms. The first-order valence-electron chi connectivity index (χ1n) is 6.90. The fourth-order valence-corrected chi connectivity index (χ4v) is 1.75. The maximum Gasteiger partial charge on any atom is 0.322 e. The zero-order valence-electron chi connectivity index (χ0n) is 11.6. The fourth-order valence-electron chi connectivity index (χ4n) is 1.75. The zero-order valence-corrected chi connectivity index (χ0v) is 11.6. The molecule has 0 fully saturated rings. The highest BCUT2D eigenvalue weighted by Gasteiger charge is 2.14. The minimum Gasteiger partial charge on any atom is -0.465 e. The lowest BCUT2D eigenvalue weighted by Crippen LogP contribution is -2.32. The molecule has 0 aliphatic carbocycles. The van der Waals surface area contributed by atoms with Crippen LogP contribution in [0.2, 0.25) is 0 Å². The van der Waals surface area contributed by atoms with Crippen molar-refractivity contribution in [3.8, 4) is 0 Å². The van der Waals surface area contributed by atoms with E-state index in [9.17, 15) is 4.79 Å². The van der Waals surface area contributed by atoms with Crippen LogP contribution in [-0.4, -0.2) is 18.6 Å². The van der Waals surface area contributed by atoms with E-state index in [1.54, 1.807) is 0 Å². The van der Waals surface area contributed by atoms with Crippen molar-refractivity contribution in [1.82, 2.24) is 0 Å². The number of rotatable bonds is 8. The summed E-state index contributed by atoms with van der Waals surface area (Å²) in [5.74, 6) is -0.286. The zero-order chi connectivity index (χ0) is 14.1. The van der Waals surface area contributed by atoms with Crippen LogP contribution in [0.5, 0.6) is 0 Å². The third-order valence-corrected chi connectivity index (χ3v) is 3.01. The Morgan fingerprint density at radius 3 is 2.58 bits per heavy atom. The second kappa shape index (κ2) is 8.53. The van der Waals surface area contributed by atoms with Crippen molar-refractivity contribution in [2.24, 2.45) is 5.73 Å². The van der Waals surface area contributed by atoms with Crippen molar-refractivity contribution >= 4 is 11.7 Å². The van der Waals surface area contributed by atoms with Crippen molar-refractivity contribution in [3.63, 3.8) is 0 Å². The van der Waals surface area contributed by atoms with E-state index in [0.29, 0.717) is 13.0 Å². The molecule has 0 aliphatic heterocycles. The Morgan fingerprint density at radius 1 is 1.26 bits per heavy atom. The van der Waals surface area contributed by atoms with E-state index < -0.39 is 6.04 Å². The highest BCUT2D eigenvalue weighted by atomic mass is 16.5. The quantitative estimate of drug-likeness (QED) is 0.429. The van der Waals surface area contributed by atoms with Crippen LogP contribution < -0.4 is 11.5 Å². The Bertz CT molecular complexity index is 376. The van der Waals surface area contributed by atoms with E-state index in [1.165, 1.54) is 5.56 Å². The fraction of sp³-hybridized carbons (Fsp3) is 0.533. The molecule has 19 heavy (non-hydrogen) atoms. The van der Waals surface area contributed by atoms with Crippen LogP contribution in [0.15, 0.2) is 24.3 Å². The molecule has 0 aliphatic rings. The summed E-state index contributed by atoms with van der Waals surface area (Å²) in [6.45, 7) is 2.53. The molecule has 4 nitrogen and oxygen atoms in total. The first kappa shape index (κ1) is 15.5. The molecule has 0 bridgehead atoms. The average molecular weight is 264 g/mol. The van der Waals surface area contributed by atoms with Gasteiger partial charge >= 0.3 is 5.97 Å². The summed E-state index contributed by atoms with van der Waals surface area (Å²) in [7, 11) is 0. The number of hydrogen-bond acceptors (Lipinski definition) is 4. The lowest BCUT2D eigenvalue weighted by atomic mass is 10.0. The maximum atomic E-state index is 11.5. The molecule has 1 aromatic carbocycles. The van der Waals surface area contributed by atoms with Gasteiger partial charge in [0.05, 0.1) is 6.61 Å². The minimum atomic E-state index is -0.509. The van der Waals surface area contributed by atoms with Crippen molar-refractivity contribution in [2.45, 2.75) is 45.1 Å². The highest BCUT2D eigenvalue weighted by molar-refractivity contribution is 5.75. The first-order chi connectivity index (χ1) is 9.13. The number of hydrogen-bond donors (Lipinski definition) is 2. The van der Waals surface area contributed by atoms with Crippen LogP contribution in [0.3, 0.4) is 0 Å². The van der Waals surface area contributed by atoms with Gasteiger partial charge in [-0.2, -0.15) is 0 Å². The first-order valence-corrected chi connectivity index (χ1v) is 6.90. The third kappa shape index (κ3) is 6.25. The van der Waals surface area contributed by atoms with Gasteiger partial charge in [-0.05, 0) is 43.4 Å². The summed E-state index contributed by atoms with van der Waals surface area (Å²) < 4.78 is 5.08. The van der Waals surface area contributed by atoms with Gasteiger partial charge in [-0.15, -0.1) is 0 Å². The van der Waals surface area contributed by atoms with Gasteiger partial charge in [-0.3, -0.25) is 4.79 Å². The van der Waals surface area contributed by atoms with Crippen LogP contribution in [0.1, 0.15) is 38.2 Å². The van der Waals surface area contributed by atoms with Crippen LogP contribution in [-0.2, 0) is 16.0 Å². The molecule has 1 atom stereocenters. The van der Waals surface area contributed by atoms with Gasteiger partial charge in [0.2, 0.25) is 0 Å². The SMILES string of the molecule is CCCCOC(=O)C(N)CCCc1ccc(N)cc1. The number of aryl methyl sites for hydroxylation is 1. The molecule has 0 radical (unpaired) electrons. The summed E-state index contributed by atoms with van der Waals surface area (Å²) in [6.07, 6.45) is 4.32. The molecule has 1 rings (SSSR count). The predicted octanol–water partition coefficient (Wildman–Crippen LogP) is 2.26. The molecule has 0 spiro atoms. The number of esters is 1. The van der Waals surface area contributed by atoms with Gasteiger partial charge in [0.1, 0.15) is 6.04 Å². The van der Waals surface area contributed by atoms with E-state index in [-0.39, 0.29) is 5.97 Å². The Hall–Kier alpha value is -1.55. The summed E-state index contributed by atoms with van der Waals surface area (Å²) in [5.41, 5.74) is 13.4. The van der Waals surface area contributed by atoms with Crippen molar-refractivity contribution < 1.29 is 9.53 Å². The van der Waals surface area contributed by atoms with Gasteiger partial charge in [0.15, 0.2) is 0 Å². The molecule has 0 aromatic heterocycles. The van der Waals surface area contributed by atoms with Gasteiger partial charge < -0.3 is 16.2 Å². The molecule has 0 amide bonds. The van der Waals surface area contributed by atoms with E-state index in [1.807, 2.05) is 24.3 Å². The normalized spacial score (nSPS) is 12.1. The van der Waals surface area contributed by atoms with Crippen molar-refractivity contribution in [3.05, 3.63) is 29.8 Å². The smallest absolute Gasteiger partial charge is 0.322 e. The number of carbonyl (C=O) groups excluding carboxylic acids is 1. The Kier molecular flexibility index (Phi) is 6.97. The molecule has 0 saturated carbocycles. The van der Waals surface area contributed by atoms with E-state index >= 15 is 0 Å². The van der Waals surface area contributed by atoms with Crippen LogP contribution in [0.25, 0.3) is 0 Å². The van der Waals surface area contributed by atoms with Crippen LogP contribution in [0.4, 0.5) is 5.69 Å². The number of nitrogen functional groups attached to an aromatic ring is 1. The average Bonchev–Trinajstić information content (AvgIpc) is 2.41. The van der Waals surface area contributed by atoms with E-state index in [2.05, 4.69) is 6.92 Å². The molecule has 4 N–H and O–H groups in total. The summed E-state index contributed by atoms with van der Waals surface area (Å²) in [5, 5.41) is 0. The minimum absolute atomic E-state index is 0.286. The number of ether oxygens (including phenoxy) is 1. The molecule has 0 heterocycles. The van der Waals surface area contributed by atoms with Gasteiger partial charge in [0.25, 0.3) is 0 Å². The van der Waals surface area contributed by atoms with Crippen LogP contribution >= 0.6 is 0 Å². The molecule has 0 saturated heterocycles. The number of anilines is 1. The monoisotopic (exact) mass is 264 g/mol. The summed E-state index contributed by atoms with van der Waals surface area (Å²) >= 11 is 0. The van der Waals surface area contributed by atoms with Gasteiger partial charge in [0, 0.05) is 5.69 Å². The second-order valence-corrected chi connectivity index (χ2v) is 4.76. The largest absolute Gasteiger partial charge is 0.465 e. The number of unbranched alkanes of at least 4 members (excludes halogenated alkanes) is 1. The molecular formula is C15H24N2O2. The van der Waals surface area contributed by atoms with Crippen molar-refractivity contribution in [1.29, 1.82) is 0 Å². The maximum absolute atomic E-state index is 11.5. The highest BCUT2D eigenvalue weighted by Crippen LogP contribution is 2.10. The van der Waals surface area contributed by atoms with E-state index in [0.717, 1.165) is 31.4 Å². The topological polar surface area (TPSA) is 78.3 Å². The molecular weight excluding hydrogens is 240 g/mol. The second-order valence-electron chi connectivity index (χ2n) is 4.76. The summed E-state index contributed by atoms with van der Waals surface area (Å²) in [4.78, 5) is 11.5. The Labute approximate surface area is 115 Å². The lowest BCUT2D eigenvalue weighted by Gasteiger charge is -2.11. The Balaban J connectivity index is 2.20.